The standard InChI is InChI=1S/C24H38N4O4/c1-27(2)23(29)17-26-24(25-16-19-7-9-20(30-3)10-8-19)28-13-11-21(12-14-28)32-18-22-6-4-5-15-31-22/h7-10,21-22H,4-6,11-18H2,1-3H3,(H,25,26). The van der Waals surface area contributed by atoms with E-state index < -0.39 is 0 Å². The first-order valence-corrected chi connectivity index (χ1v) is 11.6. The number of rotatable bonds is 8. The molecule has 0 aliphatic carbocycles. The zero-order chi connectivity index (χ0) is 22.8. The largest absolute Gasteiger partial charge is 0.497 e. The van der Waals surface area contributed by atoms with Gasteiger partial charge in [0.2, 0.25) is 5.91 Å². The second-order valence-corrected chi connectivity index (χ2v) is 8.64. The number of hydrogen-bond donors (Lipinski definition) is 1. The lowest BCUT2D eigenvalue weighted by Gasteiger charge is -2.35. The predicted octanol–water partition coefficient (Wildman–Crippen LogP) is 2.28. The van der Waals surface area contributed by atoms with Crippen LogP contribution in [0.5, 0.6) is 5.75 Å². The number of nitrogens with one attached hydrogen (secondary N) is 1. The van der Waals surface area contributed by atoms with Crippen LogP contribution in [0.25, 0.3) is 0 Å². The molecule has 0 spiro atoms. The van der Waals surface area contributed by atoms with E-state index in [0.29, 0.717) is 13.2 Å². The summed E-state index contributed by atoms with van der Waals surface area (Å²) in [4.78, 5) is 20.7. The topological polar surface area (TPSA) is 75.6 Å². The van der Waals surface area contributed by atoms with Gasteiger partial charge in [0.15, 0.2) is 5.96 Å². The first-order chi connectivity index (χ1) is 15.5. The third-order valence-corrected chi connectivity index (χ3v) is 6.00. The maximum Gasteiger partial charge on any atom is 0.241 e. The number of benzene rings is 1. The zero-order valence-electron chi connectivity index (χ0n) is 19.7. The number of likely N-dealkylation sites (N-methyl/N-ethyl adjacent to an activating group) is 1. The molecule has 3 rings (SSSR count). The summed E-state index contributed by atoms with van der Waals surface area (Å²) in [6.07, 6.45) is 5.89. The second kappa shape index (κ2) is 12.6. The van der Waals surface area contributed by atoms with Gasteiger partial charge in [0.25, 0.3) is 0 Å². The number of nitrogens with zero attached hydrogens (tertiary/aromatic N) is 3. The number of amides is 1. The third-order valence-electron chi connectivity index (χ3n) is 6.00. The van der Waals surface area contributed by atoms with E-state index in [2.05, 4.69) is 10.2 Å². The van der Waals surface area contributed by atoms with Crippen molar-refractivity contribution >= 4 is 11.9 Å². The van der Waals surface area contributed by atoms with Crippen LogP contribution >= 0.6 is 0 Å². The van der Waals surface area contributed by atoms with Crippen molar-refractivity contribution in [3.8, 4) is 5.75 Å². The van der Waals surface area contributed by atoms with Gasteiger partial charge in [-0.05, 0) is 49.8 Å². The Morgan fingerprint density at radius 2 is 1.94 bits per heavy atom. The Morgan fingerprint density at radius 3 is 2.56 bits per heavy atom. The van der Waals surface area contributed by atoms with Crippen LogP contribution in [0.2, 0.25) is 0 Å². The highest BCUT2D eigenvalue weighted by Crippen LogP contribution is 2.18. The van der Waals surface area contributed by atoms with Crippen LogP contribution < -0.4 is 10.1 Å². The van der Waals surface area contributed by atoms with E-state index in [1.54, 1.807) is 26.1 Å². The summed E-state index contributed by atoms with van der Waals surface area (Å²) in [5.74, 6) is 1.62. The molecule has 32 heavy (non-hydrogen) atoms. The summed E-state index contributed by atoms with van der Waals surface area (Å²) >= 11 is 0. The van der Waals surface area contributed by atoms with Crippen molar-refractivity contribution in [2.75, 3.05) is 54.1 Å². The van der Waals surface area contributed by atoms with Gasteiger partial charge in [-0.3, -0.25) is 4.79 Å². The van der Waals surface area contributed by atoms with Crippen molar-refractivity contribution in [1.29, 1.82) is 0 Å². The van der Waals surface area contributed by atoms with Crippen LogP contribution in [-0.4, -0.2) is 87.9 Å². The molecule has 2 aliphatic rings. The summed E-state index contributed by atoms with van der Waals surface area (Å²) < 4.78 is 17.2. The smallest absolute Gasteiger partial charge is 0.241 e. The maximum atomic E-state index is 12.1. The van der Waals surface area contributed by atoms with Crippen LogP contribution in [0.1, 0.15) is 37.7 Å². The number of carbonyl (C=O) groups excluding carboxylic acids is 1. The minimum atomic E-state index is 0.0212. The van der Waals surface area contributed by atoms with Gasteiger partial charge in [0.05, 0.1) is 39.0 Å². The van der Waals surface area contributed by atoms with Crippen LogP contribution in [-0.2, 0) is 20.8 Å². The van der Waals surface area contributed by atoms with Gasteiger partial charge >= 0.3 is 0 Å². The fraction of sp³-hybridized carbons (Fsp3) is 0.667. The van der Waals surface area contributed by atoms with Crippen molar-refractivity contribution in [3.05, 3.63) is 29.8 Å². The highest BCUT2D eigenvalue weighted by molar-refractivity contribution is 5.86. The summed E-state index contributed by atoms with van der Waals surface area (Å²) in [6.45, 7) is 4.01. The lowest BCUT2D eigenvalue weighted by molar-refractivity contribution is -0.127. The number of carbonyl (C=O) groups is 1. The van der Waals surface area contributed by atoms with E-state index in [0.717, 1.165) is 62.7 Å². The Labute approximate surface area is 191 Å². The van der Waals surface area contributed by atoms with Crippen molar-refractivity contribution in [2.45, 2.75) is 50.9 Å². The van der Waals surface area contributed by atoms with Crippen LogP contribution in [0, 0.1) is 0 Å². The molecular formula is C24H38N4O4. The Morgan fingerprint density at radius 1 is 1.19 bits per heavy atom. The molecular weight excluding hydrogens is 408 g/mol. The number of piperidine rings is 1. The number of likely N-dealkylation sites (tertiary alicyclic amines) is 1. The second-order valence-electron chi connectivity index (χ2n) is 8.64. The normalized spacial score (nSPS) is 20.2. The van der Waals surface area contributed by atoms with Crippen molar-refractivity contribution in [1.82, 2.24) is 15.1 Å². The van der Waals surface area contributed by atoms with Gasteiger partial charge in [-0.1, -0.05) is 12.1 Å². The average Bonchev–Trinajstić information content (AvgIpc) is 2.84. The fourth-order valence-electron chi connectivity index (χ4n) is 3.89. The molecule has 8 nitrogen and oxygen atoms in total. The lowest BCUT2D eigenvalue weighted by atomic mass is 10.1. The van der Waals surface area contributed by atoms with Crippen molar-refractivity contribution in [2.24, 2.45) is 4.99 Å². The number of hydrogen-bond acceptors (Lipinski definition) is 5. The number of guanidine groups is 1. The summed E-state index contributed by atoms with van der Waals surface area (Å²) in [7, 11) is 5.18. The van der Waals surface area contributed by atoms with Crippen molar-refractivity contribution < 1.29 is 19.0 Å². The molecule has 1 amide bonds. The molecule has 2 heterocycles. The Balaban J connectivity index is 1.54. The van der Waals surface area contributed by atoms with Gasteiger partial charge in [-0.25, -0.2) is 4.99 Å². The van der Waals surface area contributed by atoms with E-state index >= 15 is 0 Å². The summed E-state index contributed by atoms with van der Waals surface area (Å²) in [5, 5.41) is 3.26. The molecule has 178 valence electrons. The average molecular weight is 447 g/mol. The quantitative estimate of drug-likeness (QED) is 0.488. The maximum absolute atomic E-state index is 12.1. The SMILES string of the molecule is COc1ccc(CN=C(NCC(=O)N(C)C)N2CCC(OCC3CCCCO3)CC2)cc1. The van der Waals surface area contributed by atoms with Gasteiger partial charge in [0.1, 0.15) is 5.75 Å². The van der Waals surface area contributed by atoms with E-state index in [-0.39, 0.29) is 24.7 Å². The molecule has 0 aromatic heterocycles. The van der Waals surface area contributed by atoms with Crippen LogP contribution in [0.15, 0.2) is 29.3 Å². The molecule has 8 heteroatoms. The Kier molecular flexibility index (Phi) is 9.62. The molecule has 0 radical (unpaired) electrons. The molecule has 1 atom stereocenters. The molecule has 1 aromatic carbocycles. The van der Waals surface area contributed by atoms with E-state index in [4.69, 9.17) is 19.2 Å². The molecule has 2 aliphatic heterocycles. The Hall–Kier alpha value is -2.32. The zero-order valence-corrected chi connectivity index (χ0v) is 19.7. The number of methoxy groups -OCH3 is 1. The minimum Gasteiger partial charge on any atom is -0.497 e. The van der Waals surface area contributed by atoms with Gasteiger partial charge in [0, 0.05) is 33.8 Å². The van der Waals surface area contributed by atoms with E-state index in [1.807, 2.05) is 24.3 Å². The molecule has 0 bridgehead atoms. The molecule has 2 fully saturated rings. The highest BCUT2D eigenvalue weighted by Gasteiger charge is 2.24. The van der Waals surface area contributed by atoms with E-state index in [9.17, 15) is 4.79 Å². The van der Waals surface area contributed by atoms with Crippen LogP contribution in [0.3, 0.4) is 0 Å². The third kappa shape index (κ3) is 7.67. The predicted molar refractivity (Wildman–Crippen MR) is 125 cm³/mol. The van der Waals surface area contributed by atoms with Gasteiger partial charge < -0.3 is 29.3 Å². The highest BCUT2D eigenvalue weighted by atomic mass is 16.5. The molecule has 1 unspecified atom stereocenters. The van der Waals surface area contributed by atoms with E-state index in [1.165, 1.54) is 6.42 Å². The van der Waals surface area contributed by atoms with Crippen LogP contribution in [0.4, 0.5) is 0 Å². The summed E-state index contributed by atoms with van der Waals surface area (Å²) in [6, 6.07) is 7.90. The number of ether oxygens (including phenoxy) is 3. The first kappa shape index (κ1) is 24.3. The molecule has 0 saturated carbocycles. The molecule has 1 N–H and O–H groups in total. The first-order valence-electron chi connectivity index (χ1n) is 11.6. The molecule has 1 aromatic rings. The summed E-state index contributed by atoms with van der Waals surface area (Å²) in [5.41, 5.74) is 1.09. The monoisotopic (exact) mass is 446 g/mol. The molecule has 2 saturated heterocycles. The van der Waals surface area contributed by atoms with Gasteiger partial charge in [-0.15, -0.1) is 0 Å². The minimum absolute atomic E-state index is 0.0212. The Bertz CT molecular complexity index is 724. The fourth-order valence-corrected chi connectivity index (χ4v) is 3.89. The lowest BCUT2D eigenvalue weighted by Crippen LogP contribution is -2.49. The van der Waals surface area contributed by atoms with Gasteiger partial charge in [-0.2, -0.15) is 0 Å². The number of aliphatic imine (C=N–C) groups is 1. The van der Waals surface area contributed by atoms with Crippen molar-refractivity contribution in [3.63, 3.8) is 0 Å².